The fourth-order valence-corrected chi connectivity index (χ4v) is 7.26. The van der Waals surface area contributed by atoms with Crippen LogP contribution in [0, 0.1) is 0 Å². The van der Waals surface area contributed by atoms with Gasteiger partial charge in [0.2, 0.25) is 5.95 Å². The van der Waals surface area contributed by atoms with Crippen molar-refractivity contribution in [2.24, 2.45) is 0 Å². The highest BCUT2D eigenvalue weighted by Crippen LogP contribution is 2.42. The Labute approximate surface area is 245 Å². The zero-order chi connectivity index (χ0) is 27.6. The number of benzene rings is 5. The second-order valence-corrected chi connectivity index (χ2v) is 11.5. The first-order chi connectivity index (χ1) is 20.8. The summed E-state index contributed by atoms with van der Waals surface area (Å²) < 4.78 is 3.45. The Bertz CT molecular complexity index is 2460. The molecular formula is C37H22N4S. The number of thiophene rings is 1. The Morgan fingerprint density at radius 2 is 1.21 bits per heavy atom. The summed E-state index contributed by atoms with van der Waals surface area (Å²) in [6.45, 7) is 0. The van der Waals surface area contributed by atoms with Crippen LogP contribution in [0.2, 0.25) is 0 Å². The van der Waals surface area contributed by atoms with Gasteiger partial charge in [0.1, 0.15) is 4.83 Å². The third kappa shape index (κ3) is 3.44. The molecule has 0 spiro atoms. The summed E-state index contributed by atoms with van der Waals surface area (Å²) in [5.41, 5.74) is 7.46. The summed E-state index contributed by atoms with van der Waals surface area (Å²) >= 11 is 1.74. The van der Waals surface area contributed by atoms with E-state index in [1.807, 2.05) is 24.4 Å². The molecule has 0 saturated carbocycles. The number of fused-ring (bicyclic) bond motifs is 8. The maximum Gasteiger partial charge on any atom is 0.235 e. The van der Waals surface area contributed by atoms with Gasteiger partial charge in [0.15, 0.2) is 0 Å². The van der Waals surface area contributed by atoms with E-state index in [1.165, 1.54) is 37.4 Å². The van der Waals surface area contributed by atoms with Gasteiger partial charge in [0.25, 0.3) is 0 Å². The molecule has 4 heterocycles. The monoisotopic (exact) mass is 554 g/mol. The number of aromatic nitrogens is 4. The number of para-hydroxylation sites is 2. The largest absolute Gasteiger partial charge is 0.278 e. The van der Waals surface area contributed by atoms with Gasteiger partial charge in [-0.15, -0.1) is 11.3 Å². The van der Waals surface area contributed by atoms with Crippen molar-refractivity contribution in [3.05, 3.63) is 134 Å². The minimum Gasteiger partial charge on any atom is -0.278 e. The minimum atomic E-state index is 0.666. The molecule has 4 aromatic heterocycles. The zero-order valence-electron chi connectivity index (χ0n) is 22.4. The van der Waals surface area contributed by atoms with Crippen LogP contribution in [0.4, 0.5) is 0 Å². The second kappa shape index (κ2) is 9.06. The first-order valence-electron chi connectivity index (χ1n) is 14.0. The second-order valence-electron chi connectivity index (χ2n) is 10.5. The van der Waals surface area contributed by atoms with Crippen molar-refractivity contribution in [2.45, 2.75) is 0 Å². The molecule has 0 saturated heterocycles. The molecule has 0 N–H and O–H groups in total. The van der Waals surface area contributed by atoms with E-state index in [0.29, 0.717) is 5.95 Å². The summed E-state index contributed by atoms with van der Waals surface area (Å²) in [6.07, 6.45) is 1.87. The van der Waals surface area contributed by atoms with Gasteiger partial charge in [-0.05, 0) is 47.5 Å². The third-order valence-electron chi connectivity index (χ3n) is 8.10. The van der Waals surface area contributed by atoms with Crippen LogP contribution in [0.25, 0.3) is 81.3 Å². The maximum absolute atomic E-state index is 5.29. The van der Waals surface area contributed by atoms with Crippen LogP contribution in [0.1, 0.15) is 0 Å². The SMILES string of the molecule is c1ccc(-c2ccc(-c3nc(-n4c5ccccc5c5c6c(ccc54)sc4ncccc46)nc4ccccc34)cc2)cc1. The molecule has 42 heavy (non-hydrogen) atoms. The molecule has 0 aliphatic heterocycles. The van der Waals surface area contributed by atoms with Crippen molar-refractivity contribution in [2.75, 3.05) is 0 Å². The first-order valence-corrected chi connectivity index (χ1v) is 14.8. The van der Waals surface area contributed by atoms with Gasteiger partial charge in [0.05, 0.1) is 22.2 Å². The van der Waals surface area contributed by atoms with Crippen molar-refractivity contribution in [3.8, 4) is 28.3 Å². The lowest BCUT2D eigenvalue weighted by Gasteiger charge is -2.12. The molecule has 0 radical (unpaired) electrons. The Morgan fingerprint density at radius 1 is 0.500 bits per heavy atom. The average molecular weight is 555 g/mol. The molecule has 0 atom stereocenters. The van der Waals surface area contributed by atoms with E-state index in [9.17, 15) is 0 Å². The highest BCUT2D eigenvalue weighted by molar-refractivity contribution is 7.25. The van der Waals surface area contributed by atoms with Crippen LogP contribution in [0.5, 0.6) is 0 Å². The molecular weight excluding hydrogens is 533 g/mol. The molecule has 196 valence electrons. The van der Waals surface area contributed by atoms with Crippen LogP contribution < -0.4 is 0 Å². The molecule has 0 fully saturated rings. The Morgan fingerprint density at radius 3 is 2.10 bits per heavy atom. The molecule has 9 aromatic rings. The number of rotatable bonds is 3. The fourth-order valence-electron chi connectivity index (χ4n) is 6.21. The van der Waals surface area contributed by atoms with E-state index < -0.39 is 0 Å². The van der Waals surface area contributed by atoms with Gasteiger partial charge in [-0.1, -0.05) is 91.0 Å². The highest BCUT2D eigenvalue weighted by atomic mass is 32.1. The van der Waals surface area contributed by atoms with E-state index in [0.717, 1.165) is 38.0 Å². The zero-order valence-corrected chi connectivity index (χ0v) is 23.2. The van der Waals surface area contributed by atoms with Crippen LogP contribution in [-0.4, -0.2) is 19.5 Å². The van der Waals surface area contributed by atoms with Crippen molar-refractivity contribution < 1.29 is 0 Å². The summed E-state index contributed by atoms with van der Waals surface area (Å²) in [6, 6.07) is 44.6. The molecule has 0 unspecified atom stereocenters. The molecule has 0 amide bonds. The molecule has 9 rings (SSSR count). The number of hydrogen-bond acceptors (Lipinski definition) is 4. The van der Waals surface area contributed by atoms with Gasteiger partial charge in [-0.2, -0.15) is 0 Å². The molecule has 0 aliphatic rings. The van der Waals surface area contributed by atoms with Gasteiger partial charge >= 0.3 is 0 Å². The van der Waals surface area contributed by atoms with Crippen LogP contribution >= 0.6 is 11.3 Å². The fraction of sp³-hybridized carbons (Fsp3) is 0. The quantitative estimate of drug-likeness (QED) is 0.218. The molecule has 5 aromatic carbocycles. The standard InChI is InChI=1S/C37H22N4S/c1-2-9-23(10-3-1)24-16-18-25(19-17-24)35-26-11-4-6-14-29(26)39-37(40-35)41-30-15-7-5-12-27(30)33-31(41)20-21-32-34(33)28-13-8-22-38-36(28)42-32/h1-22H. The normalized spacial score (nSPS) is 11.8. The summed E-state index contributed by atoms with van der Waals surface area (Å²) in [5.74, 6) is 0.666. The van der Waals surface area contributed by atoms with Crippen molar-refractivity contribution in [1.82, 2.24) is 19.5 Å². The Hall–Kier alpha value is -5.39. The van der Waals surface area contributed by atoms with Crippen molar-refractivity contribution in [3.63, 3.8) is 0 Å². The molecule has 0 aliphatic carbocycles. The van der Waals surface area contributed by atoms with E-state index >= 15 is 0 Å². The lowest BCUT2D eigenvalue weighted by molar-refractivity contribution is 1.01. The van der Waals surface area contributed by atoms with E-state index in [2.05, 4.69) is 119 Å². The smallest absolute Gasteiger partial charge is 0.235 e. The van der Waals surface area contributed by atoms with Crippen LogP contribution in [0.15, 0.2) is 134 Å². The Kier molecular flexibility index (Phi) is 5.03. The predicted octanol–water partition coefficient (Wildman–Crippen LogP) is 9.82. The summed E-state index contributed by atoms with van der Waals surface area (Å²) in [4.78, 5) is 16.1. The topological polar surface area (TPSA) is 43.6 Å². The summed E-state index contributed by atoms with van der Waals surface area (Å²) in [5, 5.41) is 5.87. The van der Waals surface area contributed by atoms with E-state index in [-0.39, 0.29) is 0 Å². The molecule has 5 heteroatoms. The maximum atomic E-state index is 5.29. The van der Waals surface area contributed by atoms with Crippen LogP contribution in [0.3, 0.4) is 0 Å². The number of nitrogens with zero attached hydrogens (tertiary/aromatic N) is 4. The number of hydrogen-bond donors (Lipinski definition) is 0. The van der Waals surface area contributed by atoms with E-state index in [1.54, 1.807) is 11.3 Å². The van der Waals surface area contributed by atoms with Crippen LogP contribution in [-0.2, 0) is 0 Å². The lowest BCUT2D eigenvalue weighted by Crippen LogP contribution is -2.03. The van der Waals surface area contributed by atoms with Gasteiger partial charge in [-0.25, -0.2) is 15.0 Å². The van der Waals surface area contributed by atoms with Gasteiger partial charge in [0, 0.05) is 43.4 Å². The first kappa shape index (κ1) is 23.3. The molecule has 4 nitrogen and oxygen atoms in total. The average Bonchev–Trinajstić information content (AvgIpc) is 3.60. The predicted molar refractivity (Wildman–Crippen MR) is 175 cm³/mol. The van der Waals surface area contributed by atoms with Gasteiger partial charge in [-0.3, -0.25) is 4.57 Å². The minimum absolute atomic E-state index is 0.666. The van der Waals surface area contributed by atoms with Gasteiger partial charge < -0.3 is 0 Å². The molecule has 0 bridgehead atoms. The third-order valence-corrected chi connectivity index (χ3v) is 9.18. The highest BCUT2D eigenvalue weighted by Gasteiger charge is 2.20. The van der Waals surface area contributed by atoms with Crippen molar-refractivity contribution >= 4 is 64.3 Å². The Balaban J connectivity index is 1.33. The summed E-state index contributed by atoms with van der Waals surface area (Å²) in [7, 11) is 0. The van der Waals surface area contributed by atoms with Crippen molar-refractivity contribution in [1.29, 1.82) is 0 Å². The van der Waals surface area contributed by atoms with E-state index in [4.69, 9.17) is 9.97 Å². The lowest BCUT2D eigenvalue weighted by atomic mass is 10.0. The number of pyridine rings is 1.